The fraction of sp³-hybridized carbons (Fsp3) is 0.615. The van der Waals surface area contributed by atoms with E-state index < -0.39 is 11.8 Å². The zero-order valence-electron chi connectivity index (χ0n) is 11.5. The number of likely N-dealkylation sites (tertiary alicyclic amines) is 1. The highest BCUT2D eigenvalue weighted by Gasteiger charge is 2.40. The smallest absolute Gasteiger partial charge is 0.410 e. The van der Waals surface area contributed by atoms with Crippen LogP contribution < -0.4 is 5.32 Å². The molecule has 1 fully saturated rings. The van der Waals surface area contributed by atoms with Gasteiger partial charge in [0.1, 0.15) is 12.3 Å². The highest BCUT2D eigenvalue weighted by molar-refractivity contribution is 7.16. The predicted octanol–water partition coefficient (Wildman–Crippen LogP) is 1.06. The molecule has 0 aromatic rings. The van der Waals surface area contributed by atoms with Gasteiger partial charge in [0.05, 0.1) is 13.3 Å². The third kappa shape index (κ3) is 4.85. The van der Waals surface area contributed by atoms with Gasteiger partial charge in [0, 0.05) is 19.0 Å². The van der Waals surface area contributed by atoms with Gasteiger partial charge in [-0.15, -0.1) is 9.24 Å². The molecule has 1 amide bonds. The highest BCUT2D eigenvalue weighted by Crippen LogP contribution is 2.28. The molecular formula is C13H22FN2O3P. The fourth-order valence-electron chi connectivity index (χ4n) is 2.10. The van der Waals surface area contributed by atoms with Crippen LogP contribution >= 0.6 is 9.24 Å². The summed E-state index contributed by atoms with van der Waals surface area (Å²) in [6.07, 6.45) is 1.39. The summed E-state index contributed by atoms with van der Waals surface area (Å²) in [5.74, 6) is 0. The van der Waals surface area contributed by atoms with Crippen molar-refractivity contribution in [2.24, 2.45) is 0 Å². The first-order chi connectivity index (χ1) is 9.44. The summed E-state index contributed by atoms with van der Waals surface area (Å²) in [7, 11) is 2.36. The van der Waals surface area contributed by atoms with Crippen LogP contribution in [0.4, 0.5) is 9.18 Å². The summed E-state index contributed by atoms with van der Waals surface area (Å²) in [4.78, 5) is 13.3. The second-order valence-electron chi connectivity index (χ2n) is 4.92. The molecule has 0 aliphatic carbocycles. The summed E-state index contributed by atoms with van der Waals surface area (Å²) in [5.41, 5.74) is -0.914. The van der Waals surface area contributed by atoms with E-state index in [1.54, 1.807) is 0 Å². The Bertz CT molecular complexity index is 381. The van der Waals surface area contributed by atoms with Crippen LogP contribution in [0.1, 0.15) is 6.42 Å². The van der Waals surface area contributed by atoms with Crippen LogP contribution in [0.15, 0.2) is 24.8 Å². The Kier molecular flexibility index (Phi) is 6.59. The highest BCUT2D eigenvalue weighted by atomic mass is 31.0. The van der Waals surface area contributed by atoms with Crippen molar-refractivity contribution in [3.8, 4) is 0 Å². The molecule has 0 aromatic heterocycles. The summed E-state index contributed by atoms with van der Waals surface area (Å²) >= 11 is 0. The molecule has 7 heteroatoms. The molecule has 1 rings (SSSR count). The number of halogens is 1. The maximum Gasteiger partial charge on any atom is 0.410 e. The van der Waals surface area contributed by atoms with Crippen molar-refractivity contribution in [2.45, 2.75) is 18.1 Å². The van der Waals surface area contributed by atoms with Crippen LogP contribution in [0.25, 0.3) is 0 Å². The van der Waals surface area contributed by atoms with Crippen LogP contribution in [0, 0.1) is 0 Å². The van der Waals surface area contributed by atoms with Crippen LogP contribution in [0.3, 0.4) is 0 Å². The van der Waals surface area contributed by atoms with E-state index in [4.69, 9.17) is 9.84 Å². The van der Waals surface area contributed by atoms with Gasteiger partial charge in [-0.05, 0) is 11.7 Å². The molecule has 2 N–H and O–H groups in total. The molecule has 20 heavy (non-hydrogen) atoms. The number of amides is 1. The molecular weight excluding hydrogens is 282 g/mol. The van der Waals surface area contributed by atoms with Crippen molar-refractivity contribution in [3.63, 3.8) is 0 Å². The molecule has 3 unspecified atom stereocenters. The minimum atomic E-state index is -1.50. The number of piperidine rings is 1. The average molecular weight is 304 g/mol. The van der Waals surface area contributed by atoms with Crippen LogP contribution in [0.2, 0.25) is 0 Å². The number of rotatable bonds is 6. The zero-order chi connectivity index (χ0) is 15.2. The fourth-order valence-corrected chi connectivity index (χ4v) is 2.40. The maximum absolute atomic E-state index is 14.5. The Morgan fingerprint density at radius 3 is 2.95 bits per heavy atom. The first kappa shape index (κ1) is 17.1. The first-order valence-electron chi connectivity index (χ1n) is 6.39. The monoisotopic (exact) mass is 304 g/mol. The standard InChI is InChI=1S/C13H22FN2O3P/c1-3-10(2)6-19-12(18)16-5-11(15-9-17)4-13(14,7-16)8-20/h3,11,15,17H,1-2,4-9,20H2. The molecule has 0 radical (unpaired) electrons. The Morgan fingerprint density at radius 1 is 1.70 bits per heavy atom. The lowest BCUT2D eigenvalue weighted by Gasteiger charge is -2.40. The number of carbonyl (C=O) groups excluding carboxylic acids is 1. The van der Waals surface area contributed by atoms with Gasteiger partial charge < -0.3 is 14.7 Å². The second kappa shape index (κ2) is 7.72. The Labute approximate surface area is 121 Å². The average Bonchev–Trinajstić information content (AvgIpc) is 2.44. The number of carbonyl (C=O) groups is 1. The lowest BCUT2D eigenvalue weighted by atomic mass is 9.93. The van der Waals surface area contributed by atoms with E-state index in [1.165, 1.54) is 11.0 Å². The van der Waals surface area contributed by atoms with Gasteiger partial charge in [-0.3, -0.25) is 5.32 Å². The van der Waals surface area contributed by atoms with Gasteiger partial charge in [0.15, 0.2) is 0 Å². The Balaban J connectivity index is 2.64. The summed E-state index contributed by atoms with van der Waals surface area (Å²) in [6, 6.07) is -0.297. The number of aliphatic hydroxyl groups excluding tert-OH is 1. The molecule has 0 bridgehead atoms. The van der Waals surface area contributed by atoms with E-state index in [1.807, 2.05) is 0 Å². The van der Waals surface area contributed by atoms with Gasteiger partial charge in [0.2, 0.25) is 0 Å². The topological polar surface area (TPSA) is 61.8 Å². The van der Waals surface area contributed by atoms with Gasteiger partial charge >= 0.3 is 6.09 Å². The van der Waals surface area contributed by atoms with E-state index in [-0.39, 0.29) is 38.5 Å². The molecule has 1 saturated heterocycles. The number of hydrogen-bond donors (Lipinski definition) is 2. The van der Waals surface area contributed by atoms with Crippen molar-refractivity contribution < 1.29 is 19.0 Å². The van der Waals surface area contributed by atoms with E-state index in [9.17, 15) is 9.18 Å². The Hall–Kier alpha value is -0.970. The zero-order valence-corrected chi connectivity index (χ0v) is 12.6. The molecule has 1 aliphatic rings. The number of alkyl halides is 1. The molecule has 3 atom stereocenters. The third-order valence-electron chi connectivity index (χ3n) is 3.20. The van der Waals surface area contributed by atoms with Crippen molar-refractivity contribution in [2.75, 3.05) is 32.6 Å². The van der Waals surface area contributed by atoms with Crippen molar-refractivity contribution in [3.05, 3.63) is 24.8 Å². The van der Waals surface area contributed by atoms with E-state index in [0.29, 0.717) is 12.1 Å². The van der Waals surface area contributed by atoms with Crippen molar-refractivity contribution in [1.29, 1.82) is 0 Å². The second-order valence-corrected chi connectivity index (χ2v) is 5.32. The number of ether oxygens (including phenoxy) is 1. The molecule has 1 heterocycles. The van der Waals surface area contributed by atoms with E-state index in [0.717, 1.165) is 0 Å². The largest absolute Gasteiger partial charge is 0.445 e. The van der Waals surface area contributed by atoms with Gasteiger partial charge in [0.25, 0.3) is 0 Å². The van der Waals surface area contributed by atoms with Gasteiger partial charge in [-0.2, -0.15) is 0 Å². The molecule has 1 aliphatic heterocycles. The number of hydrogen-bond acceptors (Lipinski definition) is 4. The number of nitrogens with one attached hydrogen (secondary N) is 1. The lowest BCUT2D eigenvalue weighted by molar-refractivity contribution is 0.0280. The van der Waals surface area contributed by atoms with Gasteiger partial charge in [-0.25, -0.2) is 9.18 Å². The minimum Gasteiger partial charge on any atom is -0.445 e. The summed E-state index contributed by atoms with van der Waals surface area (Å²) < 4.78 is 19.6. The predicted molar refractivity (Wildman–Crippen MR) is 79.3 cm³/mol. The summed E-state index contributed by atoms with van der Waals surface area (Å²) in [5, 5.41) is 11.7. The summed E-state index contributed by atoms with van der Waals surface area (Å²) in [6.45, 7) is 7.23. The molecule has 114 valence electrons. The third-order valence-corrected chi connectivity index (χ3v) is 3.93. The molecule has 0 spiro atoms. The first-order valence-corrected chi connectivity index (χ1v) is 7.21. The molecule has 5 nitrogen and oxygen atoms in total. The lowest BCUT2D eigenvalue weighted by Crippen LogP contribution is -2.58. The van der Waals surface area contributed by atoms with E-state index in [2.05, 4.69) is 27.7 Å². The molecule has 0 saturated carbocycles. The van der Waals surface area contributed by atoms with Crippen LogP contribution in [0.5, 0.6) is 0 Å². The van der Waals surface area contributed by atoms with Crippen LogP contribution in [-0.2, 0) is 4.74 Å². The van der Waals surface area contributed by atoms with E-state index >= 15 is 0 Å². The molecule has 0 aromatic carbocycles. The minimum absolute atomic E-state index is 0.0144. The number of nitrogens with zero attached hydrogens (tertiary/aromatic N) is 1. The van der Waals surface area contributed by atoms with Crippen molar-refractivity contribution >= 4 is 15.3 Å². The normalized spacial score (nSPS) is 26.1. The Morgan fingerprint density at radius 2 is 2.40 bits per heavy atom. The SMILES string of the molecule is C=CC(=C)COC(=O)N1CC(NCO)CC(F)(CP)C1. The number of aliphatic hydroxyl groups is 1. The van der Waals surface area contributed by atoms with Gasteiger partial charge in [-0.1, -0.05) is 19.2 Å². The maximum atomic E-state index is 14.5. The van der Waals surface area contributed by atoms with Crippen molar-refractivity contribution in [1.82, 2.24) is 10.2 Å². The van der Waals surface area contributed by atoms with Crippen LogP contribution in [-0.4, -0.2) is 60.4 Å². The quantitative estimate of drug-likeness (QED) is 0.438.